The highest BCUT2D eigenvalue weighted by Gasteiger charge is 2.29. The van der Waals surface area contributed by atoms with Gasteiger partial charge in [-0.3, -0.25) is 4.90 Å². The number of fused-ring (bicyclic) bond motifs is 1. The maximum atomic E-state index is 5.07. The number of benzene rings is 2. The second kappa shape index (κ2) is 7.45. The monoisotopic (exact) mass is 360 g/mol. The highest BCUT2D eigenvalue weighted by atomic mass is 15.2. The molecule has 1 aromatic heterocycles. The predicted molar refractivity (Wildman–Crippen MR) is 110 cm³/mol. The third kappa shape index (κ3) is 3.40. The zero-order chi connectivity index (χ0) is 18.1. The second-order valence-electron chi connectivity index (χ2n) is 8.01. The van der Waals surface area contributed by atoms with Gasteiger partial charge in [0, 0.05) is 38.1 Å². The average Bonchev–Trinajstić information content (AvgIpc) is 3.37. The molecule has 0 spiro atoms. The number of likely N-dealkylation sites (tertiary alicyclic amines) is 1. The molecule has 0 aliphatic carbocycles. The summed E-state index contributed by atoms with van der Waals surface area (Å²) in [5, 5.41) is 3.52. The van der Waals surface area contributed by atoms with Gasteiger partial charge in [0.1, 0.15) is 5.82 Å². The first-order valence-corrected chi connectivity index (χ1v) is 10.3. The summed E-state index contributed by atoms with van der Waals surface area (Å²) in [4.78, 5) is 7.66. The molecule has 3 heterocycles. The number of hydrogen-bond acceptors (Lipinski definition) is 3. The Morgan fingerprint density at radius 3 is 2.48 bits per heavy atom. The van der Waals surface area contributed by atoms with Crippen molar-refractivity contribution < 1.29 is 0 Å². The SMILES string of the molecule is c1ccc(CN2CCC(n3c(C4CCNC4)nc4ccccc43)CC2)cc1. The summed E-state index contributed by atoms with van der Waals surface area (Å²) in [5.74, 6) is 1.86. The molecule has 2 aliphatic rings. The molecule has 0 saturated carbocycles. The van der Waals surface area contributed by atoms with Crippen molar-refractivity contribution in [2.75, 3.05) is 26.2 Å². The highest BCUT2D eigenvalue weighted by molar-refractivity contribution is 5.76. The van der Waals surface area contributed by atoms with Gasteiger partial charge in [-0.1, -0.05) is 42.5 Å². The normalized spacial score (nSPS) is 21.9. The fraction of sp³-hybridized carbons (Fsp3) is 0.435. The minimum atomic E-state index is 0.555. The maximum absolute atomic E-state index is 5.07. The van der Waals surface area contributed by atoms with E-state index in [1.54, 1.807) is 0 Å². The van der Waals surface area contributed by atoms with Crippen LogP contribution >= 0.6 is 0 Å². The lowest BCUT2D eigenvalue weighted by molar-refractivity contribution is 0.179. The van der Waals surface area contributed by atoms with E-state index in [0.29, 0.717) is 12.0 Å². The van der Waals surface area contributed by atoms with Crippen molar-refractivity contribution in [1.29, 1.82) is 0 Å². The van der Waals surface area contributed by atoms with Crippen LogP contribution in [0.25, 0.3) is 11.0 Å². The number of aromatic nitrogens is 2. The van der Waals surface area contributed by atoms with Crippen molar-refractivity contribution in [2.45, 2.75) is 37.8 Å². The van der Waals surface area contributed by atoms with E-state index >= 15 is 0 Å². The molecule has 140 valence electrons. The first-order chi connectivity index (χ1) is 13.4. The van der Waals surface area contributed by atoms with Gasteiger partial charge in [-0.25, -0.2) is 4.98 Å². The Bertz CT molecular complexity index is 887. The van der Waals surface area contributed by atoms with Crippen molar-refractivity contribution in [1.82, 2.24) is 19.8 Å². The molecule has 2 fully saturated rings. The number of nitrogens with zero attached hydrogens (tertiary/aromatic N) is 3. The van der Waals surface area contributed by atoms with Crippen LogP contribution in [0.15, 0.2) is 54.6 Å². The molecule has 4 heteroatoms. The van der Waals surface area contributed by atoms with Crippen LogP contribution in [0, 0.1) is 0 Å². The average molecular weight is 361 g/mol. The number of imidazole rings is 1. The van der Waals surface area contributed by atoms with E-state index in [4.69, 9.17) is 4.98 Å². The van der Waals surface area contributed by atoms with Crippen LogP contribution in [0.1, 0.15) is 42.6 Å². The number of rotatable bonds is 4. The van der Waals surface area contributed by atoms with Gasteiger partial charge in [-0.2, -0.15) is 0 Å². The summed E-state index contributed by atoms with van der Waals surface area (Å²) in [6.07, 6.45) is 3.62. The van der Waals surface area contributed by atoms with Crippen molar-refractivity contribution in [2.24, 2.45) is 0 Å². The molecular weight excluding hydrogens is 332 g/mol. The zero-order valence-electron chi connectivity index (χ0n) is 15.8. The van der Waals surface area contributed by atoms with Crippen LogP contribution in [0.2, 0.25) is 0 Å². The molecule has 1 atom stereocenters. The van der Waals surface area contributed by atoms with Crippen LogP contribution in [-0.2, 0) is 6.54 Å². The third-order valence-electron chi connectivity index (χ3n) is 6.22. The third-order valence-corrected chi connectivity index (χ3v) is 6.22. The Morgan fingerprint density at radius 1 is 0.926 bits per heavy atom. The molecule has 3 aromatic rings. The Morgan fingerprint density at radius 2 is 1.70 bits per heavy atom. The molecule has 1 N–H and O–H groups in total. The number of para-hydroxylation sites is 2. The fourth-order valence-corrected chi connectivity index (χ4v) is 4.79. The van der Waals surface area contributed by atoms with Gasteiger partial charge in [0.05, 0.1) is 11.0 Å². The summed E-state index contributed by atoms with van der Waals surface area (Å²) >= 11 is 0. The van der Waals surface area contributed by atoms with Gasteiger partial charge in [-0.15, -0.1) is 0 Å². The Kier molecular flexibility index (Phi) is 4.68. The quantitative estimate of drug-likeness (QED) is 0.765. The summed E-state index contributed by atoms with van der Waals surface area (Å²) in [5.41, 5.74) is 3.90. The topological polar surface area (TPSA) is 33.1 Å². The Balaban J connectivity index is 1.37. The van der Waals surface area contributed by atoms with Crippen LogP contribution in [0.3, 0.4) is 0 Å². The summed E-state index contributed by atoms with van der Waals surface area (Å²) in [6.45, 7) is 5.57. The van der Waals surface area contributed by atoms with Crippen LogP contribution < -0.4 is 5.32 Å². The molecule has 0 amide bonds. The van der Waals surface area contributed by atoms with E-state index in [2.05, 4.69) is 69.4 Å². The van der Waals surface area contributed by atoms with Gasteiger partial charge in [0.25, 0.3) is 0 Å². The first-order valence-electron chi connectivity index (χ1n) is 10.3. The molecule has 2 saturated heterocycles. The van der Waals surface area contributed by atoms with Gasteiger partial charge in [0.15, 0.2) is 0 Å². The van der Waals surface area contributed by atoms with Gasteiger partial charge >= 0.3 is 0 Å². The van der Waals surface area contributed by atoms with Crippen LogP contribution in [0.5, 0.6) is 0 Å². The first kappa shape index (κ1) is 17.0. The zero-order valence-corrected chi connectivity index (χ0v) is 15.8. The second-order valence-corrected chi connectivity index (χ2v) is 8.01. The van der Waals surface area contributed by atoms with E-state index in [1.807, 2.05) is 0 Å². The predicted octanol–water partition coefficient (Wildman–Crippen LogP) is 3.95. The molecule has 2 aromatic carbocycles. The van der Waals surface area contributed by atoms with Gasteiger partial charge < -0.3 is 9.88 Å². The van der Waals surface area contributed by atoms with Crippen LogP contribution in [-0.4, -0.2) is 40.6 Å². The number of piperidine rings is 1. The lowest BCUT2D eigenvalue weighted by Crippen LogP contribution is -2.34. The number of hydrogen-bond donors (Lipinski definition) is 1. The van der Waals surface area contributed by atoms with E-state index < -0.39 is 0 Å². The lowest BCUT2D eigenvalue weighted by atomic mass is 10.0. The minimum absolute atomic E-state index is 0.555. The molecule has 0 radical (unpaired) electrons. The Hall–Kier alpha value is -2.17. The van der Waals surface area contributed by atoms with Gasteiger partial charge in [-0.05, 0) is 43.5 Å². The van der Waals surface area contributed by atoms with Crippen molar-refractivity contribution in [3.63, 3.8) is 0 Å². The molecule has 5 rings (SSSR count). The Labute approximate surface area is 161 Å². The maximum Gasteiger partial charge on any atom is 0.114 e. The fourth-order valence-electron chi connectivity index (χ4n) is 4.79. The van der Waals surface area contributed by atoms with Crippen molar-refractivity contribution >= 4 is 11.0 Å². The standard InChI is InChI=1S/C23H28N4/c1-2-6-18(7-3-1)17-26-14-11-20(12-15-26)27-22-9-5-4-8-21(22)25-23(27)19-10-13-24-16-19/h1-9,19-20,24H,10-17H2. The molecule has 1 unspecified atom stereocenters. The van der Waals surface area contributed by atoms with Gasteiger partial charge in [0.2, 0.25) is 0 Å². The molecule has 2 aliphatic heterocycles. The van der Waals surface area contributed by atoms with E-state index in [1.165, 1.54) is 36.2 Å². The molecule has 4 nitrogen and oxygen atoms in total. The van der Waals surface area contributed by atoms with E-state index in [9.17, 15) is 0 Å². The summed E-state index contributed by atoms with van der Waals surface area (Å²) in [7, 11) is 0. The largest absolute Gasteiger partial charge is 0.324 e. The summed E-state index contributed by atoms with van der Waals surface area (Å²) < 4.78 is 2.59. The number of nitrogens with one attached hydrogen (secondary N) is 1. The minimum Gasteiger partial charge on any atom is -0.324 e. The highest BCUT2D eigenvalue weighted by Crippen LogP contribution is 2.33. The lowest BCUT2D eigenvalue weighted by Gasteiger charge is -2.34. The molecule has 27 heavy (non-hydrogen) atoms. The van der Waals surface area contributed by atoms with Crippen LogP contribution in [0.4, 0.5) is 0 Å². The van der Waals surface area contributed by atoms with E-state index in [-0.39, 0.29) is 0 Å². The summed E-state index contributed by atoms with van der Waals surface area (Å²) in [6, 6.07) is 20.1. The molecule has 0 bridgehead atoms. The van der Waals surface area contributed by atoms with Crippen molar-refractivity contribution in [3.8, 4) is 0 Å². The van der Waals surface area contributed by atoms with Crippen molar-refractivity contribution in [3.05, 3.63) is 66.0 Å². The smallest absolute Gasteiger partial charge is 0.114 e. The van der Waals surface area contributed by atoms with E-state index in [0.717, 1.165) is 38.2 Å². The molecular formula is C23H28N4.